The molecule has 420 valence electrons. The summed E-state index contributed by atoms with van der Waals surface area (Å²) in [5.41, 5.74) is 26.1. The van der Waals surface area contributed by atoms with Gasteiger partial charge in [0.2, 0.25) is 0 Å². The highest BCUT2D eigenvalue weighted by molar-refractivity contribution is 6.08. The Morgan fingerprint density at radius 3 is 0.506 bits per heavy atom. The highest BCUT2D eigenvalue weighted by atomic mass is 15.8. The highest BCUT2D eigenvalue weighted by Crippen LogP contribution is 2.67. The molecule has 2 aliphatic rings. The topological polar surface area (TPSA) is 13.0 Å². The minimum atomic E-state index is -1.37. The van der Waals surface area contributed by atoms with E-state index in [-0.39, 0.29) is 0 Å². The van der Waals surface area contributed by atoms with Gasteiger partial charge < -0.3 is 0 Å². The van der Waals surface area contributed by atoms with Crippen LogP contribution in [0, 0.1) is 0 Å². The van der Waals surface area contributed by atoms with Gasteiger partial charge in [0.25, 0.3) is 5.91 Å². The van der Waals surface area contributed by atoms with Gasteiger partial charge in [-0.25, -0.2) is 0 Å². The Bertz CT molecular complexity index is 4210. The van der Waals surface area contributed by atoms with E-state index in [1.807, 2.05) is 0 Å². The number of anilines is 8. The average molecular weight is 1140 g/mol. The van der Waals surface area contributed by atoms with Gasteiger partial charge >= 0.3 is 0 Å². The first-order valence-corrected chi connectivity index (χ1v) is 30.6. The van der Waals surface area contributed by atoms with E-state index in [2.05, 4.69) is 384 Å². The third kappa shape index (κ3) is 9.34. The first-order valence-electron chi connectivity index (χ1n) is 30.6. The van der Waals surface area contributed by atoms with Crippen molar-refractivity contribution in [3.8, 4) is 89.0 Å². The average Bonchev–Trinajstić information content (AvgIpc) is 1.50. The molecule has 0 fully saturated rings. The Labute approximate surface area is 521 Å². The molecule has 89 heavy (non-hydrogen) atoms. The van der Waals surface area contributed by atoms with Crippen LogP contribution in [0.25, 0.3) is 89.0 Å². The molecule has 2 heterocycles. The number of hydrogen-bond donors (Lipinski definition) is 0. The van der Waals surface area contributed by atoms with Gasteiger partial charge in [0.05, 0.1) is 22.7 Å². The van der Waals surface area contributed by atoms with Crippen LogP contribution in [0.5, 0.6) is 0 Å². The first kappa shape index (κ1) is 52.8. The molecule has 0 atom stereocenters. The lowest BCUT2D eigenvalue weighted by Gasteiger charge is -2.53. The second kappa shape index (κ2) is 22.6. The van der Waals surface area contributed by atoms with Gasteiger partial charge in [0.1, 0.15) is 0 Å². The van der Waals surface area contributed by atoms with Crippen LogP contribution >= 0.6 is 0 Å². The van der Waals surface area contributed by atoms with Crippen molar-refractivity contribution in [1.82, 2.24) is 0 Å². The maximum absolute atomic E-state index is 2.67. The molecular formula is C85H60N4. The smallest absolute Gasteiger partial charge is 0.280 e. The van der Waals surface area contributed by atoms with Crippen molar-refractivity contribution in [2.75, 3.05) is 19.6 Å². The quantitative estimate of drug-likeness (QED) is 0.121. The first-order chi connectivity index (χ1) is 44.2. The molecular weight excluding hydrogens is 1080 g/mol. The maximum Gasteiger partial charge on any atom is 0.295 e. The Hall–Kier alpha value is -11.7. The molecule has 0 aliphatic carbocycles. The van der Waals surface area contributed by atoms with Crippen molar-refractivity contribution >= 4 is 45.5 Å². The zero-order chi connectivity index (χ0) is 59.1. The lowest BCUT2D eigenvalue weighted by molar-refractivity contribution is 0.480. The van der Waals surface area contributed by atoms with E-state index in [1.165, 1.54) is 0 Å². The SMILES string of the molecule is c1ccc(-c2cccc(N3c4cc(-c5ccccc5)c(-c5ccccc5)cc4N(c4cccc(-c5ccccc5)c4)C34N(c3cccc(-c5ccccc5)c3)c3cc(-c5ccccc5)c(-c5ccccc5)cc3N4c3cccc(-c4ccccc4)c3)c2)cc1. The van der Waals surface area contributed by atoms with Crippen LogP contribution in [0.2, 0.25) is 0 Å². The van der Waals surface area contributed by atoms with Crippen molar-refractivity contribution in [2.24, 2.45) is 0 Å². The molecule has 4 heteroatoms. The molecule has 4 nitrogen and oxygen atoms in total. The van der Waals surface area contributed by atoms with Gasteiger partial charge in [-0.3, -0.25) is 19.6 Å². The van der Waals surface area contributed by atoms with E-state index < -0.39 is 5.91 Å². The fraction of sp³-hybridized carbons (Fsp3) is 0.0118. The monoisotopic (exact) mass is 1140 g/mol. The molecule has 14 aromatic rings. The van der Waals surface area contributed by atoms with E-state index in [0.717, 1.165) is 135 Å². The standard InChI is InChI=1S/C85H60N4/c1-9-29-61(30-10-1)69-45-25-49-73(53-69)86-81-57-77(65-37-17-5-18-38-65)78(66-39-19-6-20-40-66)58-82(81)87(74-50-26-46-70(54-74)62-31-11-2-12-32-62)85(86)88(75-51-27-47-71(55-75)63-33-13-3-14-34-63)83-59-79(67-41-21-7-22-42-67)80(68-43-23-8-24-44-68)60-84(83)89(85)76-52-28-48-72(56-76)64-35-15-4-16-36-64/h1-60H. The fourth-order valence-electron chi connectivity index (χ4n) is 13.6. The highest BCUT2D eigenvalue weighted by Gasteiger charge is 2.65. The van der Waals surface area contributed by atoms with Gasteiger partial charge in [-0.05, 0) is 162 Å². The predicted octanol–water partition coefficient (Wildman–Crippen LogP) is 22.9. The van der Waals surface area contributed by atoms with Crippen LogP contribution in [-0.2, 0) is 0 Å². The molecule has 0 N–H and O–H groups in total. The van der Waals surface area contributed by atoms with Gasteiger partial charge in [0, 0.05) is 22.7 Å². The van der Waals surface area contributed by atoms with Crippen LogP contribution < -0.4 is 19.6 Å². The second-order valence-corrected chi connectivity index (χ2v) is 22.8. The molecule has 14 aromatic carbocycles. The predicted molar refractivity (Wildman–Crippen MR) is 373 cm³/mol. The lowest BCUT2D eigenvalue weighted by atomic mass is 9.93. The normalized spacial score (nSPS) is 12.9. The van der Waals surface area contributed by atoms with Crippen molar-refractivity contribution in [2.45, 2.75) is 5.91 Å². The van der Waals surface area contributed by atoms with Crippen LogP contribution in [0.15, 0.2) is 364 Å². The van der Waals surface area contributed by atoms with E-state index >= 15 is 0 Å². The summed E-state index contributed by atoms with van der Waals surface area (Å²) in [5.74, 6) is -1.37. The summed E-state index contributed by atoms with van der Waals surface area (Å²) in [6.45, 7) is 0. The van der Waals surface area contributed by atoms with Crippen LogP contribution in [0.4, 0.5) is 45.5 Å². The van der Waals surface area contributed by atoms with E-state index in [0.29, 0.717) is 0 Å². The summed E-state index contributed by atoms with van der Waals surface area (Å²) in [6.07, 6.45) is 0. The minimum Gasteiger partial charge on any atom is -0.280 e. The molecule has 0 bridgehead atoms. The molecule has 1 spiro atoms. The summed E-state index contributed by atoms with van der Waals surface area (Å²) >= 11 is 0. The molecule has 0 aromatic heterocycles. The van der Waals surface area contributed by atoms with Gasteiger partial charge in [-0.2, -0.15) is 0 Å². The molecule has 0 saturated heterocycles. The third-order valence-corrected chi connectivity index (χ3v) is 17.6. The van der Waals surface area contributed by atoms with Crippen molar-refractivity contribution in [3.05, 3.63) is 364 Å². The largest absolute Gasteiger partial charge is 0.295 e. The Balaban J connectivity index is 1.12. The summed E-state index contributed by atoms with van der Waals surface area (Å²) in [7, 11) is 0. The number of hydrogen-bond acceptors (Lipinski definition) is 4. The fourth-order valence-corrected chi connectivity index (χ4v) is 13.6. The zero-order valence-corrected chi connectivity index (χ0v) is 48.9. The Morgan fingerprint density at radius 1 is 0.146 bits per heavy atom. The third-order valence-electron chi connectivity index (χ3n) is 17.6. The van der Waals surface area contributed by atoms with Crippen LogP contribution in [0.3, 0.4) is 0 Å². The van der Waals surface area contributed by atoms with E-state index in [4.69, 9.17) is 0 Å². The second-order valence-electron chi connectivity index (χ2n) is 22.8. The summed E-state index contributed by atoms with van der Waals surface area (Å²) in [5, 5.41) is 0. The number of fused-ring (bicyclic) bond motifs is 2. The molecule has 16 rings (SSSR count). The summed E-state index contributed by atoms with van der Waals surface area (Å²) in [6, 6.07) is 134. The molecule has 0 radical (unpaired) electrons. The van der Waals surface area contributed by atoms with Crippen molar-refractivity contribution in [3.63, 3.8) is 0 Å². The van der Waals surface area contributed by atoms with Gasteiger partial charge in [-0.15, -0.1) is 0 Å². The van der Waals surface area contributed by atoms with Crippen LogP contribution in [-0.4, -0.2) is 5.91 Å². The lowest BCUT2D eigenvalue weighted by Crippen LogP contribution is -2.70. The van der Waals surface area contributed by atoms with E-state index in [9.17, 15) is 0 Å². The number of nitrogens with zero attached hydrogens (tertiary/aromatic N) is 4. The number of benzene rings is 14. The minimum absolute atomic E-state index is 1.01. The summed E-state index contributed by atoms with van der Waals surface area (Å²) < 4.78 is 0. The van der Waals surface area contributed by atoms with Gasteiger partial charge in [-0.1, -0.05) is 291 Å². The summed E-state index contributed by atoms with van der Waals surface area (Å²) in [4.78, 5) is 10.7. The van der Waals surface area contributed by atoms with Crippen molar-refractivity contribution in [1.29, 1.82) is 0 Å². The van der Waals surface area contributed by atoms with Crippen molar-refractivity contribution < 1.29 is 0 Å². The molecule has 0 amide bonds. The zero-order valence-electron chi connectivity index (χ0n) is 48.9. The maximum atomic E-state index is 2.67. The number of rotatable bonds is 12. The van der Waals surface area contributed by atoms with Gasteiger partial charge in [0.15, 0.2) is 0 Å². The molecule has 2 aliphatic heterocycles. The van der Waals surface area contributed by atoms with Crippen LogP contribution in [0.1, 0.15) is 0 Å². The van der Waals surface area contributed by atoms with E-state index in [1.54, 1.807) is 0 Å². The Kier molecular flexibility index (Phi) is 13.4. The molecule has 0 unspecified atom stereocenters. The molecule has 0 saturated carbocycles. The Morgan fingerprint density at radius 2 is 0.315 bits per heavy atom.